The molecule has 2 saturated heterocycles. The lowest BCUT2D eigenvalue weighted by Crippen LogP contribution is -2.37. The quantitative estimate of drug-likeness (QED) is 0.378. The van der Waals surface area contributed by atoms with Crippen LogP contribution in [0.15, 0.2) is 29.3 Å². The Morgan fingerprint density at radius 1 is 1.10 bits per heavy atom. The van der Waals surface area contributed by atoms with Crippen molar-refractivity contribution in [2.45, 2.75) is 57.7 Å². The average Bonchev–Trinajstić information content (AvgIpc) is 3.14. The van der Waals surface area contributed by atoms with Crippen molar-refractivity contribution in [2.75, 3.05) is 46.5 Å². The van der Waals surface area contributed by atoms with Crippen molar-refractivity contribution in [3.63, 3.8) is 0 Å². The van der Waals surface area contributed by atoms with Crippen LogP contribution in [0, 0.1) is 0 Å². The second-order valence-corrected chi connectivity index (χ2v) is 8.07. The summed E-state index contributed by atoms with van der Waals surface area (Å²) in [4.78, 5) is 6.90. The van der Waals surface area contributed by atoms with Crippen LogP contribution in [-0.4, -0.2) is 63.5 Å². The molecule has 2 heterocycles. The molecule has 29 heavy (non-hydrogen) atoms. The maximum atomic E-state index is 5.79. The number of ether oxygens (including phenoxy) is 2. The molecular formula is C23H38N4O2. The standard InChI is InChI=1S/C23H38N4O2/c1-24-23(25-12-6-15-29-22-11-16-28-19-22)26-17-20-7-9-21(10-8-20)18-27-13-4-2-3-5-14-27/h7-10,22H,2-6,11-19H2,1H3,(H2,24,25,26). The Kier molecular flexibility index (Phi) is 9.76. The molecule has 2 fully saturated rings. The first kappa shape index (κ1) is 22.1. The third-order valence-electron chi connectivity index (χ3n) is 5.67. The largest absolute Gasteiger partial charge is 0.379 e. The summed E-state index contributed by atoms with van der Waals surface area (Å²) in [5, 5.41) is 6.75. The van der Waals surface area contributed by atoms with E-state index in [0.717, 1.165) is 58.3 Å². The first-order valence-corrected chi connectivity index (χ1v) is 11.3. The van der Waals surface area contributed by atoms with Crippen molar-refractivity contribution in [3.05, 3.63) is 35.4 Å². The zero-order chi connectivity index (χ0) is 20.2. The molecule has 0 bridgehead atoms. The number of hydrogen-bond donors (Lipinski definition) is 2. The highest BCUT2D eigenvalue weighted by atomic mass is 16.5. The summed E-state index contributed by atoms with van der Waals surface area (Å²) in [6, 6.07) is 8.99. The lowest BCUT2D eigenvalue weighted by atomic mass is 10.1. The van der Waals surface area contributed by atoms with Crippen LogP contribution >= 0.6 is 0 Å². The normalized spacial score (nSPS) is 21.1. The summed E-state index contributed by atoms with van der Waals surface area (Å²) in [5.41, 5.74) is 2.68. The van der Waals surface area contributed by atoms with Crippen LogP contribution in [0.25, 0.3) is 0 Å². The minimum atomic E-state index is 0.287. The summed E-state index contributed by atoms with van der Waals surface area (Å²) in [7, 11) is 1.81. The van der Waals surface area contributed by atoms with E-state index in [-0.39, 0.29) is 6.10 Å². The van der Waals surface area contributed by atoms with Crippen LogP contribution in [0.4, 0.5) is 0 Å². The Hall–Kier alpha value is -1.63. The summed E-state index contributed by atoms with van der Waals surface area (Å²) >= 11 is 0. The number of hydrogen-bond acceptors (Lipinski definition) is 4. The van der Waals surface area contributed by atoms with Crippen LogP contribution in [0.3, 0.4) is 0 Å². The number of aliphatic imine (C=N–C) groups is 1. The molecule has 0 spiro atoms. The zero-order valence-corrected chi connectivity index (χ0v) is 18.0. The van der Waals surface area contributed by atoms with Gasteiger partial charge in [0.05, 0.1) is 12.7 Å². The first-order chi connectivity index (χ1) is 14.3. The van der Waals surface area contributed by atoms with Crippen molar-refractivity contribution in [2.24, 2.45) is 4.99 Å². The smallest absolute Gasteiger partial charge is 0.191 e. The highest BCUT2D eigenvalue weighted by Gasteiger charge is 2.15. The lowest BCUT2D eigenvalue weighted by Gasteiger charge is -2.20. The number of rotatable bonds is 9. The van der Waals surface area contributed by atoms with Crippen LogP contribution in [0.5, 0.6) is 0 Å². The molecule has 0 aromatic heterocycles. The van der Waals surface area contributed by atoms with Crippen molar-refractivity contribution in [1.29, 1.82) is 0 Å². The molecule has 0 radical (unpaired) electrons. The Morgan fingerprint density at radius 2 is 1.86 bits per heavy atom. The van der Waals surface area contributed by atoms with E-state index in [4.69, 9.17) is 9.47 Å². The second-order valence-electron chi connectivity index (χ2n) is 8.07. The van der Waals surface area contributed by atoms with Gasteiger partial charge in [-0.2, -0.15) is 0 Å². The molecule has 0 saturated carbocycles. The topological polar surface area (TPSA) is 58.1 Å². The summed E-state index contributed by atoms with van der Waals surface area (Å²) < 4.78 is 11.1. The van der Waals surface area contributed by atoms with Gasteiger partial charge in [-0.3, -0.25) is 9.89 Å². The molecule has 2 aliphatic heterocycles. The van der Waals surface area contributed by atoms with E-state index in [1.54, 1.807) is 0 Å². The molecule has 6 heteroatoms. The van der Waals surface area contributed by atoms with Crippen molar-refractivity contribution in [1.82, 2.24) is 15.5 Å². The van der Waals surface area contributed by atoms with E-state index in [1.807, 2.05) is 7.05 Å². The van der Waals surface area contributed by atoms with Crippen LogP contribution in [-0.2, 0) is 22.6 Å². The summed E-state index contributed by atoms with van der Waals surface area (Å²) in [6.07, 6.45) is 7.73. The van der Waals surface area contributed by atoms with Gasteiger partial charge in [0.1, 0.15) is 0 Å². The molecule has 1 aromatic carbocycles. The number of benzene rings is 1. The monoisotopic (exact) mass is 402 g/mol. The molecule has 0 aliphatic carbocycles. The number of likely N-dealkylation sites (tertiary alicyclic amines) is 1. The zero-order valence-electron chi connectivity index (χ0n) is 18.0. The van der Waals surface area contributed by atoms with Gasteiger partial charge < -0.3 is 20.1 Å². The maximum absolute atomic E-state index is 5.79. The third kappa shape index (κ3) is 8.33. The fraction of sp³-hybridized carbons (Fsp3) is 0.696. The van der Waals surface area contributed by atoms with Crippen LogP contribution in [0.1, 0.15) is 49.7 Å². The van der Waals surface area contributed by atoms with Crippen molar-refractivity contribution < 1.29 is 9.47 Å². The highest BCUT2D eigenvalue weighted by Crippen LogP contribution is 2.14. The van der Waals surface area contributed by atoms with Gasteiger partial charge in [0, 0.05) is 39.9 Å². The van der Waals surface area contributed by atoms with Gasteiger partial charge in [-0.15, -0.1) is 0 Å². The SMILES string of the molecule is CN=C(NCCCOC1CCOC1)NCc1ccc(CN2CCCCCC2)cc1. The average molecular weight is 403 g/mol. The Bertz CT molecular complexity index is 591. The Labute approximate surface area is 176 Å². The van der Waals surface area contributed by atoms with Gasteiger partial charge >= 0.3 is 0 Å². The Morgan fingerprint density at radius 3 is 2.55 bits per heavy atom. The fourth-order valence-corrected chi connectivity index (χ4v) is 3.89. The van der Waals surface area contributed by atoms with Gasteiger partial charge in [0.15, 0.2) is 5.96 Å². The molecule has 162 valence electrons. The molecule has 1 unspecified atom stereocenters. The van der Waals surface area contributed by atoms with E-state index in [0.29, 0.717) is 0 Å². The Balaban J connectivity index is 1.31. The lowest BCUT2D eigenvalue weighted by molar-refractivity contribution is 0.0420. The molecule has 6 nitrogen and oxygen atoms in total. The predicted octanol–water partition coefficient (Wildman–Crippen LogP) is 2.92. The van der Waals surface area contributed by atoms with E-state index in [2.05, 4.69) is 44.8 Å². The van der Waals surface area contributed by atoms with E-state index in [9.17, 15) is 0 Å². The van der Waals surface area contributed by atoms with Crippen LogP contribution in [0.2, 0.25) is 0 Å². The van der Waals surface area contributed by atoms with Crippen molar-refractivity contribution in [3.8, 4) is 0 Å². The molecule has 0 amide bonds. The number of guanidine groups is 1. The molecule has 1 aromatic rings. The fourth-order valence-electron chi connectivity index (χ4n) is 3.89. The van der Waals surface area contributed by atoms with Crippen molar-refractivity contribution >= 4 is 5.96 Å². The second kappa shape index (κ2) is 12.8. The highest BCUT2D eigenvalue weighted by molar-refractivity contribution is 5.79. The third-order valence-corrected chi connectivity index (χ3v) is 5.67. The first-order valence-electron chi connectivity index (χ1n) is 11.3. The molecular weight excluding hydrogens is 364 g/mol. The van der Waals surface area contributed by atoms with Crippen LogP contribution < -0.4 is 10.6 Å². The number of nitrogens with zero attached hydrogens (tertiary/aromatic N) is 2. The van der Waals surface area contributed by atoms with Gasteiger partial charge in [-0.25, -0.2) is 0 Å². The van der Waals surface area contributed by atoms with E-state index in [1.165, 1.54) is 49.9 Å². The van der Waals surface area contributed by atoms with E-state index >= 15 is 0 Å². The predicted molar refractivity (Wildman–Crippen MR) is 118 cm³/mol. The summed E-state index contributed by atoms with van der Waals surface area (Å²) in [6.45, 7) is 7.52. The molecule has 2 aliphatic rings. The van der Waals surface area contributed by atoms with Gasteiger partial charge in [-0.05, 0) is 49.9 Å². The van der Waals surface area contributed by atoms with Gasteiger partial charge in [-0.1, -0.05) is 37.1 Å². The molecule has 3 rings (SSSR count). The van der Waals surface area contributed by atoms with E-state index < -0.39 is 0 Å². The van der Waals surface area contributed by atoms with Gasteiger partial charge in [0.2, 0.25) is 0 Å². The molecule has 1 atom stereocenters. The number of nitrogens with one attached hydrogen (secondary N) is 2. The summed E-state index contributed by atoms with van der Waals surface area (Å²) in [5.74, 6) is 0.836. The maximum Gasteiger partial charge on any atom is 0.191 e. The minimum Gasteiger partial charge on any atom is -0.379 e. The molecule has 2 N–H and O–H groups in total. The minimum absolute atomic E-state index is 0.287. The van der Waals surface area contributed by atoms with Gasteiger partial charge in [0.25, 0.3) is 0 Å².